The summed E-state index contributed by atoms with van der Waals surface area (Å²) in [7, 11) is 1.60. The van der Waals surface area contributed by atoms with Crippen LogP contribution in [0, 0.1) is 0 Å². The largest absolute Gasteiger partial charge is 0.370 e. The van der Waals surface area contributed by atoms with Gasteiger partial charge >= 0.3 is 0 Å². The molecule has 0 fully saturated rings. The fourth-order valence-corrected chi connectivity index (χ4v) is 1.91. The Morgan fingerprint density at radius 2 is 1.80 bits per heavy atom. The summed E-state index contributed by atoms with van der Waals surface area (Å²) in [6, 6.07) is 6.78. The summed E-state index contributed by atoms with van der Waals surface area (Å²) in [4.78, 5) is 27.8. The third-order valence-corrected chi connectivity index (χ3v) is 2.96. The van der Waals surface area contributed by atoms with Crippen LogP contribution in [0.15, 0.2) is 29.3 Å². The molecule has 20 heavy (non-hydrogen) atoms. The molecule has 7 heteroatoms. The van der Waals surface area contributed by atoms with E-state index in [9.17, 15) is 9.59 Å². The number of guanidine groups is 1. The SMILES string of the molecule is CN=C(N)NCCCNN1C(=O)c2ccccc2C1=O. The predicted molar refractivity (Wildman–Crippen MR) is 75.1 cm³/mol. The first-order valence-corrected chi connectivity index (χ1v) is 6.32. The number of nitrogens with zero attached hydrogens (tertiary/aromatic N) is 2. The van der Waals surface area contributed by atoms with Crippen LogP contribution in [-0.4, -0.2) is 42.9 Å². The Balaban J connectivity index is 1.84. The van der Waals surface area contributed by atoms with Crippen LogP contribution >= 0.6 is 0 Å². The lowest BCUT2D eigenvalue weighted by atomic mass is 10.1. The van der Waals surface area contributed by atoms with Gasteiger partial charge in [0.2, 0.25) is 0 Å². The molecule has 7 nitrogen and oxygen atoms in total. The Bertz CT molecular complexity index is 520. The number of imide groups is 1. The van der Waals surface area contributed by atoms with E-state index in [0.29, 0.717) is 36.6 Å². The molecular formula is C13H17N5O2. The van der Waals surface area contributed by atoms with Crippen LogP contribution in [0.3, 0.4) is 0 Å². The molecule has 4 N–H and O–H groups in total. The van der Waals surface area contributed by atoms with Gasteiger partial charge in [-0.15, -0.1) is 0 Å². The average Bonchev–Trinajstić information content (AvgIpc) is 2.71. The Hall–Kier alpha value is -2.41. The molecule has 0 saturated carbocycles. The Morgan fingerprint density at radius 3 is 2.35 bits per heavy atom. The number of carbonyl (C=O) groups is 2. The number of fused-ring (bicyclic) bond motifs is 1. The molecule has 1 heterocycles. The minimum Gasteiger partial charge on any atom is -0.370 e. The van der Waals surface area contributed by atoms with Gasteiger partial charge in [0.05, 0.1) is 11.1 Å². The van der Waals surface area contributed by atoms with Crippen LogP contribution in [-0.2, 0) is 0 Å². The number of nitrogens with two attached hydrogens (primary N) is 1. The number of nitrogens with one attached hydrogen (secondary N) is 2. The number of hydrazine groups is 1. The summed E-state index contributed by atoms with van der Waals surface area (Å²) in [6.45, 7) is 1.09. The second kappa shape index (κ2) is 6.16. The number of hydrogen-bond acceptors (Lipinski definition) is 4. The van der Waals surface area contributed by atoms with Crippen molar-refractivity contribution in [1.82, 2.24) is 15.8 Å². The van der Waals surface area contributed by atoms with Crippen molar-refractivity contribution in [3.8, 4) is 0 Å². The van der Waals surface area contributed by atoms with Crippen molar-refractivity contribution in [1.29, 1.82) is 0 Å². The van der Waals surface area contributed by atoms with E-state index in [4.69, 9.17) is 5.73 Å². The van der Waals surface area contributed by atoms with Crippen molar-refractivity contribution in [2.75, 3.05) is 20.1 Å². The molecule has 0 spiro atoms. The van der Waals surface area contributed by atoms with Crippen molar-refractivity contribution in [3.63, 3.8) is 0 Å². The molecule has 0 saturated heterocycles. The van der Waals surface area contributed by atoms with Gasteiger partial charge in [0.1, 0.15) is 0 Å². The van der Waals surface area contributed by atoms with E-state index >= 15 is 0 Å². The zero-order valence-corrected chi connectivity index (χ0v) is 11.2. The van der Waals surface area contributed by atoms with Crippen molar-refractivity contribution in [2.45, 2.75) is 6.42 Å². The van der Waals surface area contributed by atoms with Crippen molar-refractivity contribution >= 4 is 17.8 Å². The van der Waals surface area contributed by atoms with Crippen LogP contribution in [0.5, 0.6) is 0 Å². The van der Waals surface area contributed by atoms with Crippen molar-refractivity contribution < 1.29 is 9.59 Å². The van der Waals surface area contributed by atoms with Crippen LogP contribution in [0.4, 0.5) is 0 Å². The van der Waals surface area contributed by atoms with E-state index in [1.165, 1.54) is 0 Å². The molecule has 1 aromatic carbocycles. The first kappa shape index (κ1) is 14.0. The third kappa shape index (κ3) is 2.77. The molecule has 106 valence electrons. The van der Waals surface area contributed by atoms with E-state index in [0.717, 1.165) is 5.01 Å². The fraction of sp³-hybridized carbons (Fsp3) is 0.308. The Kier molecular flexibility index (Phi) is 4.31. The number of amides is 2. The Morgan fingerprint density at radius 1 is 1.20 bits per heavy atom. The molecule has 0 unspecified atom stereocenters. The highest BCUT2D eigenvalue weighted by Gasteiger charge is 2.34. The monoisotopic (exact) mass is 275 g/mol. The first-order chi connectivity index (χ1) is 9.65. The molecule has 1 aromatic rings. The van der Waals surface area contributed by atoms with Crippen LogP contribution in [0.2, 0.25) is 0 Å². The van der Waals surface area contributed by atoms with E-state index in [1.807, 2.05) is 0 Å². The normalized spacial score (nSPS) is 14.7. The minimum atomic E-state index is -0.312. The summed E-state index contributed by atoms with van der Waals surface area (Å²) in [5, 5.41) is 3.95. The lowest BCUT2D eigenvalue weighted by Crippen LogP contribution is -2.43. The van der Waals surface area contributed by atoms with Gasteiger partial charge in [-0.2, -0.15) is 0 Å². The third-order valence-electron chi connectivity index (χ3n) is 2.96. The van der Waals surface area contributed by atoms with Gasteiger partial charge in [0.15, 0.2) is 5.96 Å². The number of carbonyl (C=O) groups excluding carboxylic acids is 2. The van der Waals surface area contributed by atoms with Gasteiger partial charge in [-0.3, -0.25) is 14.6 Å². The topological polar surface area (TPSA) is 99.8 Å². The summed E-state index contributed by atoms with van der Waals surface area (Å²) in [5.74, 6) is -0.257. The molecular weight excluding hydrogens is 258 g/mol. The summed E-state index contributed by atoms with van der Waals surface area (Å²) in [6.07, 6.45) is 0.698. The average molecular weight is 275 g/mol. The molecule has 0 bridgehead atoms. The maximum atomic E-state index is 12.0. The molecule has 2 rings (SSSR count). The number of aliphatic imine (C=N–C) groups is 1. The van der Waals surface area contributed by atoms with Crippen molar-refractivity contribution in [2.24, 2.45) is 10.7 Å². The quantitative estimate of drug-likeness (QED) is 0.297. The highest BCUT2D eigenvalue weighted by atomic mass is 16.2. The highest BCUT2D eigenvalue weighted by molar-refractivity contribution is 6.20. The van der Waals surface area contributed by atoms with Gasteiger partial charge in [0, 0.05) is 20.1 Å². The zero-order valence-electron chi connectivity index (χ0n) is 11.2. The molecule has 1 aliphatic heterocycles. The molecule has 0 aliphatic carbocycles. The maximum Gasteiger partial charge on any atom is 0.276 e. The van der Waals surface area contributed by atoms with Gasteiger partial charge in [-0.05, 0) is 18.6 Å². The van der Waals surface area contributed by atoms with E-state index < -0.39 is 0 Å². The summed E-state index contributed by atoms with van der Waals surface area (Å²) >= 11 is 0. The lowest BCUT2D eigenvalue weighted by Gasteiger charge is -2.15. The van der Waals surface area contributed by atoms with Crippen molar-refractivity contribution in [3.05, 3.63) is 35.4 Å². The van der Waals surface area contributed by atoms with Gasteiger partial charge in [0.25, 0.3) is 11.8 Å². The van der Waals surface area contributed by atoms with Gasteiger partial charge in [-0.1, -0.05) is 12.1 Å². The van der Waals surface area contributed by atoms with Crippen LogP contribution < -0.4 is 16.5 Å². The zero-order chi connectivity index (χ0) is 14.5. The molecule has 0 atom stereocenters. The van der Waals surface area contributed by atoms with Crippen LogP contribution in [0.1, 0.15) is 27.1 Å². The standard InChI is InChI=1S/C13H17N5O2/c1-15-13(14)16-7-4-8-17-18-11(19)9-5-2-3-6-10(9)12(18)20/h2-3,5-6,17H,4,7-8H2,1H3,(H3,14,15,16). The number of benzene rings is 1. The smallest absolute Gasteiger partial charge is 0.276 e. The summed E-state index contributed by atoms with van der Waals surface area (Å²) in [5.41, 5.74) is 9.18. The Labute approximate surface area is 116 Å². The molecule has 1 aliphatic rings. The minimum absolute atomic E-state index is 0.312. The second-order valence-corrected chi connectivity index (χ2v) is 4.29. The van der Waals surface area contributed by atoms with Gasteiger partial charge < -0.3 is 11.1 Å². The molecule has 0 radical (unpaired) electrons. The van der Waals surface area contributed by atoms with Crippen LogP contribution in [0.25, 0.3) is 0 Å². The number of rotatable bonds is 5. The highest BCUT2D eigenvalue weighted by Crippen LogP contribution is 2.20. The van der Waals surface area contributed by atoms with E-state index in [-0.39, 0.29) is 11.8 Å². The summed E-state index contributed by atoms with van der Waals surface area (Å²) < 4.78 is 0. The van der Waals surface area contributed by atoms with E-state index in [1.54, 1.807) is 31.3 Å². The van der Waals surface area contributed by atoms with Gasteiger partial charge in [-0.25, -0.2) is 10.4 Å². The maximum absolute atomic E-state index is 12.0. The first-order valence-electron chi connectivity index (χ1n) is 6.32. The fourth-order valence-electron chi connectivity index (χ4n) is 1.91. The second-order valence-electron chi connectivity index (χ2n) is 4.29. The lowest BCUT2D eigenvalue weighted by molar-refractivity contribution is 0.0567. The molecule has 0 aromatic heterocycles. The molecule has 2 amide bonds. The number of hydrogen-bond donors (Lipinski definition) is 3. The predicted octanol–water partition coefficient (Wildman–Crippen LogP) is -0.289. The van der Waals surface area contributed by atoms with E-state index in [2.05, 4.69) is 15.7 Å².